The van der Waals surface area contributed by atoms with E-state index < -0.39 is 0 Å². The Balaban J connectivity index is 1.81. The lowest BCUT2D eigenvalue weighted by Crippen LogP contribution is -2.39. The van der Waals surface area contributed by atoms with E-state index in [-0.39, 0.29) is 0 Å². The van der Waals surface area contributed by atoms with Crippen LogP contribution in [0.4, 0.5) is 0 Å². The number of nitrogens with zero attached hydrogens (tertiary/aromatic N) is 2. The molecule has 0 bridgehead atoms. The number of hydrogen-bond donors (Lipinski definition) is 2. The van der Waals surface area contributed by atoms with Crippen molar-refractivity contribution in [3.05, 3.63) is 22.4 Å². The molecule has 1 fully saturated rings. The van der Waals surface area contributed by atoms with E-state index in [0.29, 0.717) is 6.04 Å². The largest absolute Gasteiger partial charge is 0.357 e. The SMILES string of the molecule is CCNC(=NCCN(C)C1CCCC1)NC(C)c1cccs1. The summed E-state index contributed by atoms with van der Waals surface area (Å²) in [6.45, 7) is 7.07. The van der Waals surface area contributed by atoms with Gasteiger partial charge in [-0.3, -0.25) is 4.99 Å². The van der Waals surface area contributed by atoms with Gasteiger partial charge < -0.3 is 15.5 Å². The standard InChI is InChI=1S/C17H30N4S/c1-4-18-17(20-14(2)16-10-7-13-22-16)19-11-12-21(3)15-8-5-6-9-15/h7,10,13-15H,4-6,8-9,11-12H2,1-3H3,(H2,18,19,20). The van der Waals surface area contributed by atoms with Crippen LogP contribution in [-0.4, -0.2) is 43.6 Å². The van der Waals surface area contributed by atoms with E-state index in [1.807, 2.05) is 0 Å². The summed E-state index contributed by atoms with van der Waals surface area (Å²) in [6.07, 6.45) is 5.49. The van der Waals surface area contributed by atoms with Crippen molar-refractivity contribution >= 4 is 17.3 Å². The van der Waals surface area contributed by atoms with Crippen LogP contribution in [0.2, 0.25) is 0 Å². The fourth-order valence-electron chi connectivity index (χ4n) is 2.98. The number of aliphatic imine (C=N–C) groups is 1. The van der Waals surface area contributed by atoms with Gasteiger partial charge in [0.05, 0.1) is 12.6 Å². The lowest BCUT2D eigenvalue weighted by atomic mass is 10.2. The van der Waals surface area contributed by atoms with E-state index in [1.165, 1.54) is 30.6 Å². The highest BCUT2D eigenvalue weighted by atomic mass is 32.1. The second-order valence-electron chi connectivity index (χ2n) is 6.06. The summed E-state index contributed by atoms with van der Waals surface area (Å²) >= 11 is 1.78. The second-order valence-corrected chi connectivity index (χ2v) is 7.04. The molecule has 124 valence electrons. The van der Waals surface area contributed by atoms with Crippen molar-refractivity contribution in [2.24, 2.45) is 4.99 Å². The summed E-state index contributed by atoms with van der Waals surface area (Å²) in [6, 6.07) is 5.33. The highest BCUT2D eigenvalue weighted by molar-refractivity contribution is 7.10. The van der Waals surface area contributed by atoms with Crippen molar-refractivity contribution < 1.29 is 0 Å². The van der Waals surface area contributed by atoms with E-state index >= 15 is 0 Å². The monoisotopic (exact) mass is 322 g/mol. The third-order valence-electron chi connectivity index (χ3n) is 4.34. The normalized spacial score (nSPS) is 17.9. The Bertz CT molecular complexity index is 438. The van der Waals surface area contributed by atoms with Crippen molar-refractivity contribution in [3.8, 4) is 0 Å². The highest BCUT2D eigenvalue weighted by Crippen LogP contribution is 2.22. The van der Waals surface area contributed by atoms with E-state index in [1.54, 1.807) is 11.3 Å². The third kappa shape index (κ3) is 5.29. The first-order chi connectivity index (χ1) is 10.7. The maximum absolute atomic E-state index is 4.73. The van der Waals surface area contributed by atoms with Crippen molar-refractivity contribution in [1.82, 2.24) is 15.5 Å². The van der Waals surface area contributed by atoms with Gasteiger partial charge in [-0.1, -0.05) is 18.9 Å². The van der Waals surface area contributed by atoms with Crippen LogP contribution in [0.25, 0.3) is 0 Å². The second kappa shape index (κ2) is 9.16. The fourth-order valence-corrected chi connectivity index (χ4v) is 3.72. The molecule has 1 aromatic rings. The van der Waals surface area contributed by atoms with Gasteiger partial charge in [-0.05, 0) is 45.2 Å². The average Bonchev–Trinajstić information content (AvgIpc) is 3.20. The zero-order valence-corrected chi connectivity index (χ0v) is 15.0. The molecule has 0 aromatic carbocycles. The molecule has 22 heavy (non-hydrogen) atoms. The topological polar surface area (TPSA) is 39.7 Å². The molecule has 0 amide bonds. The Morgan fingerprint density at radius 1 is 1.45 bits per heavy atom. The predicted octanol–water partition coefficient (Wildman–Crippen LogP) is 3.24. The van der Waals surface area contributed by atoms with E-state index in [9.17, 15) is 0 Å². The number of rotatable bonds is 7. The van der Waals surface area contributed by atoms with Gasteiger partial charge in [-0.2, -0.15) is 0 Å². The van der Waals surface area contributed by atoms with Crippen molar-refractivity contribution in [2.75, 3.05) is 26.7 Å². The molecule has 1 aliphatic carbocycles. The zero-order chi connectivity index (χ0) is 15.8. The third-order valence-corrected chi connectivity index (χ3v) is 5.39. The van der Waals surface area contributed by atoms with Crippen LogP contribution in [0.15, 0.2) is 22.5 Å². The van der Waals surface area contributed by atoms with Crippen LogP contribution in [0.1, 0.15) is 50.4 Å². The first-order valence-electron chi connectivity index (χ1n) is 8.49. The predicted molar refractivity (Wildman–Crippen MR) is 96.7 cm³/mol. The quantitative estimate of drug-likeness (QED) is 0.598. The van der Waals surface area contributed by atoms with Gasteiger partial charge in [0.1, 0.15) is 0 Å². The minimum Gasteiger partial charge on any atom is -0.357 e. The first-order valence-corrected chi connectivity index (χ1v) is 9.37. The lowest BCUT2D eigenvalue weighted by Gasteiger charge is -2.23. The first kappa shape index (κ1) is 17.3. The average molecular weight is 323 g/mol. The minimum absolute atomic E-state index is 0.297. The molecular formula is C17H30N4S. The Labute approximate surface area is 139 Å². The number of nitrogens with one attached hydrogen (secondary N) is 2. The Kier molecular flexibility index (Phi) is 7.19. The van der Waals surface area contributed by atoms with Crippen LogP contribution < -0.4 is 10.6 Å². The summed E-state index contributed by atoms with van der Waals surface area (Å²) in [5, 5.41) is 8.96. The molecule has 4 nitrogen and oxygen atoms in total. The molecule has 1 aromatic heterocycles. The number of likely N-dealkylation sites (N-methyl/N-ethyl adjacent to an activating group) is 1. The Morgan fingerprint density at radius 3 is 2.86 bits per heavy atom. The van der Waals surface area contributed by atoms with Crippen molar-refractivity contribution in [1.29, 1.82) is 0 Å². The van der Waals surface area contributed by atoms with Crippen LogP contribution in [0.5, 0.6) is 0 Å². The lowest BCUT2D eigenvalue weighted by molar-refractivity contribution is 0.252. The zero-order valence-electron chi connectivity index (χ0n) is 14.1. The molecule has 2 rings (SSSR count). The van der Waals surface area contributed by atoms with Gasteiger partial charge >= 0.3 is 0 Å². The van der Waals surface area contributed by atoms with E-state index in [2.05, 4.69) is 53.9 Å². The smallest absolute Gasteiger partial charge is 0.191 e. The molecule has 0 spiro atoms. The van der Waals surface area contributed by atoms with E-state index in [4.69, 9.17) is 4.99 Å². The van der Waals surface area contributed by atoms with Gasteiger partial charge in [-0.15, -0.1) is 11.3 Å². The summed E-state index contributed by atoms with van der Waals surface area (Å²) < 4.78 is 0. The molecule has 1 aliphatic rings. The van der Waals surface area contributed by atoms with Crippen LogP contribution in [0.3, 0.4) is 0 Å². The molecule has 1 saturated carbocycles. The minimum atomic E-state index is 0.297. The molecule has 5 heteroatoms. The Hall–Kier alpha value is -1.07. The van der Waals surface area contributed by atoms with Gasteiger partial charge in [0, 0.05) is 24.0 Å². The maximum Gasteiger partial charge on any atom is 0.191 e. The highest BCUT2D eigenvalue weighted by Gasteiger charge is 2.18. The van der Waals surface area contributed by atoms with Crippen molar-refractivity contribution in [3.63, 3.8) is 0 Å². The number of guanidine groups is 1. The molecule has 1 atom stereocenters. The van der Waals surface area contributed by atoms with Crippen molar-refractivity contribution in [2.45, 2.75) is 51.6 Å². The summed E-state index contributed by atoms with van der Waals surface area (Å²) in [5.41, 5.74) is 0. The van der Waals surface area contributed by atoms with Gasteiger partial charge in [-0.25, -0.2) is 0 Å². The molecule has 0 aliphatic heterocycles. The van der Waals surface area contributed by atoms with E-state index in [0.717, 1.165) is 31.6 Å². The summed E-state index contributed by atoms with van der Waals surface area (Å²) in [5.74, 6) is 0.920. The summed E-state index contributed by atoms with van der Waals surface area (Å²) in [7, 11) is 2.24. The van der Waals surface area contributed by atoms with Crippen LogP contribution in [-0.2, 0) is 0 Å². The maximum atomic E-state index is 4.73. The summed E-state index contributed by atoms with van der Waals surface area (Å²) in [4.78, 5) is 8.55. The molecule has 0 saturated heterocycles. The van der Waals surface area contributed by atoms with Gasteiger partial charge in [0.25, 0.3) is 0 Å². The number of thiophene rings is 1. The van der Waals surface area contributed by atoms with Crippen LogP contribution in [0, 0.1) is 0 Å². The molecule has 0 radical (unpaired) electrons. The van der Waals surface area contributed by atoms with Gasteiger partial charge in [0.15, 0.2) is 5.96 Å². The van der Waals surface area contributed by atoms with Crippen LogP contribution >= 0.6 is 11.3 Å². The molecular weight excluding hydrogens is 292 g/mol. The molecule has 2 N–H and O–H groups in total. The molecule has 1 heterocycles. The van der Waals surface area contributed by atoms with Gasteiger partial charge in [0.2, 0.25) is 0 Å². The fraction of sp³-hybridized carbons (Fsp3) is 0.706. The molecule has 1 unspecified atom stereocenters. The number of hydrogen-bond acceptors (Lipinski definition) is 3. The Morgan fingerprint density at radius 2 is 2.23 bits per heavy atom.